The summed E-state index contributed by atoms with van der Waals surface area (Å²) in [6.45, 7) is 4.01. The van der Waals surface area contributed by atoms with Gasteiger partial charge >= 0.3 is 6.09 Å². The highest BCUT2D eigenvalue weighted by atomic mass is 32.2. The molecule has 4 bridgehead atoms. The number of pyridine rings is 1. The van der Waals surface area contributed by atoms with E-state index in [1.165, 1.54) is 11.0 Å². The van der Waals surface area contributed by atoms with Gasteiger partial charge in [0.1, 0.15) is 35.2 Å². The van der Waals surface area contributed by atoms with Gasteiger partial charge in [-0.05, 0) is 75.3 Å². The van der Waals surface area contributed by atoms with E-state index in [-0.39, 0.29) is 31.9 Å². The molecule has 4 fully saturated rings. The molecule has 5 atom stereocenters. The number of amides is 4. The van der Waals surface area contributed by atoms with E-state index in [1.807, 2.05) is 48.5 Å². The van der Waals surface area contributed by atoms with Gasteiger partial charge in [0.05, 0.1) is 36.7 Å². The Hall–Kier alpha value is -5.18. The summed E-state index contributed by atoms with van der Waals surface area (Å²) >= 11 is 0. The first-order chi connectivity index (χ1) is 28.5. The normalized spacial score (nSPS) is 26.8. The molecular formula is C44H53N5O9S. The highest BCUT2D eigenvalue weighted by Gasteiger charge is 2.62. The smallest absolute Gasteiger partial charge is 0.407 e. The van der Waals surface area contributed by atoms with Crippen LogP contribution in [0.4, 0.5) is 4.79 Å². The first-order valence-electron chi connectivity index (χ1n) is 21.0. The number of ether oxygens (including phenoxy) is 3. The van der Waals surface area contributed by atoms with E-state index in [1.54, 1.807) is 7.11 Å². The Bertz CT molecular complexity index is 2230. The van der Waals surface area contributed by atoms with Crippen LogP contribution in [0.1, 0.15) is 82.6 Å². The number of carbonyl (C=O) groups is 4. The molecule has 3 saturated carbocycles. The van der Waals surface area contributed by atoms with Crippen LogP contribution in [-0.4, -0.2) is 91.4 Å². The van der Waals surface area contributed by atoms with Gasteiger partial charge in [0, 0.05) is 35.4 Å². The predicted octanol–water partition coefficient (Wildman–Crippen LogP) is 5.33. The molecule has 3 N–H and O–H groups in total. The first-order valence-corrected chi connectivity index (χ1v) is 22.5. The van der Waals surface area contributed by atoms with Crippen molar-refractivity contribution in [2.24, 2.45) is 11.8 Å². The van der Waals surface area contributed by atoms with Gasteiger partial charge in [-0.25, -0.2) is 18.2 Å². The average molecular weight is 828 g/mol. The zero-order valence-corrected chi connectivity index (χ0v) is 34.3. The number of carbonyl (C=O) groups excluding carboxylic acids is 4. The van der Waals surface area contributed by atoms with E-state index in [2.05, 4.69) is 21.9 Å². The Morgan fingerprint density at radius 2 is 1.78 bits per heavy atom. The Morgan fingerprint density at radius 3 is 2.49 bits per heavy atom. The zero-order chi connectivity index (χ0) is 41.3. The second-order valence-electron chi connectivity index (χ2n) is 16.7. The highest BCUT2D eigenvalue weighted by molar-refractivity contribution is 7.91. The number of aryl methyl sites for hydroxylation is 1. The third-order valence-corrected chi connectivity index (χ3v) is 14.4. The van der Waals surface area contributed by atoms with Crippen molar-refractivity contribution in [3.63, 3.8) is 0 Å². The van der Waals surface area contributed by atoms with Gasteiger partial charge in [0.2, 0.25) is 21.8 Å². The highest BCUT2D eigenvalue weighted by Crippen LogP contribution is 2.46. The number of sulfonamides is 1. The number of rotatable bonds is 9. The first kappa shape index (κ1) is 40.6. The lowest BCUT2D eigenvalue weighted by atomic mass is 9.83. The van der Waals surface area contributed by atoms with Crippen LogP contribution >= 0.6 is 0 Å². The van der Waals surface area contributed by atoms with Gasteiger partial charge in [-0.3, -0.25) is 19.1 Å². The molecule has 0 unspecified atom stereocenters. The lowest BCUT2D eigenvalue weighted by molar-refractivity contribution is -0.142. The van der Waals surface area contributed by atoms with Crippen LogP contribution in [0.3, 0.4) is 0 Å². The second kappa shape index (κ2) is 16.8. The molecule has 3 aliphatic carbocycles. The van der Waals surface area contributed by atoms with Crippen molar-refractivity contribution < 1.29 is 41.8 Å². The molecule has 1 aromatic heterocycles. The average Bonchev–Trinajstić information content (AvgIpc) is 4.17. The minimum absolute atomic E-state index is 0.00447. The van der Waals surface area contributed by atoms with Crippen LogP contribution in [0.2, 0.25) is 0 Å². The number of nitrogens with one attached hydrogen (secondary N) is 3. The summed E-state index contributed by atoms with van der Waals surface area (Å²) in [5.74, 6) is -1.37. The largest absolute Gasteiger partial charge is 0.496 e. The molecule has 15 heteroatoms. The van der Waals surface area contributed by atoms with Crippen molar-refractivity contribution in [2.45, 2.75) is 112 Å². The fourth-order valence-electron chi connectivity index (χ4n) is 9.04. The molecule has 2 aliphatic heterocycles. The van der Waals surface area contributed by atoms with Crippen molar-refractivity contribution in [1.82, 2.24) is 25.2 Å². The van der Waals surface area contributed by atoms with Gasteiger partial charge in [-0.2, -0.15) is 0 Å². The number of alkyl carbamates (subject to hydrolysis) is 1. The van der Waals surface area contributed by atoms with E-state index in [4.69, 9.17) is 19.2 Å². The molecule has 3 aromatic rings. The van der Waals surface area contributed by atoms with Gasteiger partial charge in [-0.1, -0.05) is 55.7 Å². The number of aromatic nitrogens is 1. The lowest BCUT2D eigenvalue weighted by Crippen LogP contribution is -2.59. The monoisotopic (exact) mass is 827 g/mol. The summed E-state index contributed by atoms with van der Waals surface area (Å²) in [4.78, 5) is 63.0. The van der Waals surface area contributed by atoms with Gasteiger partial charge < -0.3 is 29.7 Å². The molecule has 0 spiro atoms. The van der Waals surface area contributed by atoms with Crippen LogP contribution in [0.5, 0.6) is 11.5 Å². The SMILES string of the molecule is C=C[C@H]1C[C@]1(NC(=O)[C@@H]1C[C@@H]2CN1C(=O)[C@H](C1CCCCC1)NC(=O)OCCCCCc1cc3c(cc(-c4ccccc4)nc3cc1OC)O2)C(=O)NS(=O)(=O)C1CC1. The van der Waals surface area contributed by atoms with E-state index >= 15 is 0 Å². The van der Waals surface area contributed by atoms with Gasteiger partial charge in [0.25, 0.3) is 5.91 Å². The maximum atomic E-state index is 14.9. The van der Waals surface area contributed by atoms with Crippen molar-refractivity contribution in [3.05, 3.63) is 66.7 Å². The number of fused-ring (bicyclic) bond motifs is 3. The summed E-state index contributed by atoms with van der Waals surface area (Å²) in [6, 6.07) is 13.5. The van der Waals surface area contributed by atoms with Crippen molar-refractivity contribution in [1.29, 1.82) is 0 Å². The van der Waals surface area contributed by atoms with Crippen LogP contribution in [0.25, 0.3) is 22.2 Å². The lowest BCUT2D eigenvalue weighted by Gasteiger charge is -2.34. The van der Waals surface area contributed by atoms with Crippen molar-refractivity contribution in [2.75, 3.05) is 20.3 Å². The molecule has 1 saturated heterocycles. The third-order valence-electron chi connectivity index (χ3n) is 12.6. The molecule has 4 amide bonds. The van der Waals surface area contributed by atoms with E-state index < -0.39 is 68.7 Å². The molecule has 2 aromatic carbocycles. The third kappa shape index (κ3) is 8.62. The molecule has 14 nitrogen and oxygen atoms in total. The fourth-order valence-corrected chi connectivity index (χ4v) is 10.4. The Balaban J connectivity index is 1.17. The number of methoxy groups -OCH3 is 1. The summed E-state index contributed by atoms with van der Waals surface area (Å²) in [7, 11) is -2.28. The topological polar surface area (TPSA) is 182 Å². The summed E-state index contributed by atoms with van der Waals surface area (Å²) < 4.78 is 46.2. The number of benzene rings is 2. The van der Waals surface area contributed by atoms with Crippen LogP contribution in [0, 0.1) is 11.8 Å². The summed E-state index contributed by atoms with van der Waals surface area (Å²) in [6.07, 6.45) is 8.48. The molecule has 314 valence electrons. The molecular weight excluding hydrogens is 775 g/mol. The summed E-state index contributed by atoms with van der Waals surface area (Å²) in [5.41, 5.74) is 1.61. The van der Waals surface area contributed by atoms with E-state index in [0.29, 0.717) is 48.4 Å². The number of hydrogen-bond acceptors (Lipinski definition) is 10. The Labute approximate surface area is 344 Å². The predicted molar refractivity (Wildman–Crippen MR) is 220 cm³/mol. The molecule has 59 heavy (non-hydrogen) atoms. The van der Waals surface area contributed by atoms with E-state index in [9.17, 15) is 27.6 Å². The quantitative estimate of drug-likeness (QED) is 0.239. The van der Waals surface area contributed by atoms with Gasteiger partial charge in [-0.15, -0.1) is 6.58 Å². The van der Waals surface area contributed by atoms with Crippen LogP contribution in [0.15, 0.2) is 61.2 Å². The minimum atomic E-state index is -3.91. The Morgan fingerprint density at radius 1 is 1.02 bits per heavy atom. The number of hydrogen-bond donors (Lipinski definition) is 3. The van der Waals surface area contributed by atoms with Crippen LogP contribution in [-0.2, 0) is 35.6 Å². The van der Waals surface area contributed by atoms with Gasteiger partial charge in [0.15, 0.2) is 0 Å². The molecule has 8 rings (SSSR count). The van der Waals surface area contributed by atoms with E-state index in [0.717, 1.165) is 61.5 Å². The number of cyclic esters (lactones) is 1. The summed E-state index contributed by atoms with van der Waals surface area (Å²) in [5, 5.41) is 5.87. The maximum Gasteiger partial charge on any atom is 0.407 e. The zero-order valence-electron chi connectivity index (χ0n) is 33.5. The standard InChI is InChI=1S/C44H53N5O9S/c1-3-30-25-44(30,42(52)48-59(54,55)32-18-19-32)47-40(50)36-22-31-26-49(36)41(51)39(28-15-9-5-10-16-28)46-43(53)57-20-12-6-11-17-29-21-33-35(24-37(29)56-2)45-34(23-38(33)58-31)27-13-7-4-8-14-27/h3-4,7-8,13-14,21,23-24,28,30-32,36,39H,1,5-6,9-12,15-20,22,25-26H2,2H3,(H,46,53)(H,47,50)(H,48,52)/t30-,31+,36-,39-,44+/m0/s1. The maximum absolute atomic E-state index is 14.9. The fraction of sp³-hybridized carbons (Fsp3) is 0.523. The van der Waals surface area contributed by atoms with Crippen LogP contribution < -0.4 is 24.8 Å². The minimum Gasteiger partial charge on any atom is -0.496 e. The molecule has 0 radical (unpaired) electrons. The molecule has 5 aliphatic rings. The van der Waals surface area contributed by atoms with Crippen molar-refractivity contribution in [3.8, 4) is 22.8 Å². The molecule has 3 heterocycles. The number of nitrogens with zero attached hydrogens (tertiary/aromatic N) is 2. The Kier molecular flexibility index (Phi) is 11.6. The second-order valence-corrected chi connectivity index (χ2v) is 18.6. The van der Waals surface area contributed by atoms with Crippen molar-refractivity contribution >= 4 is 44.7 Å².